The van der Waals surface area contributed by atoms with Gasteiger partial charge in [0, 0.05) is 13.1 Å². The van der Waals surface area contributed by atoms with E-state index in [1.807, 2.05) is 0 Å². The van der Waals surface area contributed by atoms with Gasteiger partial charge in [0.15, 0.2) is 0 Å². The molecule has 0 spiro atoms. The third-order valence-corrected chi connectivity index (χ3v) is 4.52. The van der Waals surface area contributed by atoms with E-state index in [2.05, 4.69) is 5.32 Å². The van der Waals surface area contributed by atoms with Crippen LogP contribution in [-0.2, 0) is 13.9 Å². The fourth-order valence-corrected chi connectivity index (χ4v) is 3.39. The molecule has 17 heavy (non-hydrogen) atoms. The Labute approximate surface area is 98.7 Å². The SMILES string of the molecule is CCOP(=O)(O)N1CCN(CC(=O)O)C2NC21. The first kappa shape index (κ1) is 12.9. The van der Waals surface area contributed by atoms with Crippen molar-refractivity contribution in [3.8, 4) is 0 Å². The van der Waals surface area contributed by atoms with Crippen molar-refractivity contribution in [1.82, 2.24) is 14.9 Å². The van der Waals surface area contributed by atoms with Gasteiger partial charge in [-0.1, -0.05) is 0 Å². The number of nitrogens with one attached hydrogen (secondary N) is 1. The van der Waals surface area contributed by atoms with Crippen LogP contribution < -0.4 is 5.32 Å². The summed E-state index contributed by atoms with van der Waals surface area (Å²) >= 11 is 0. The first-order chi connectivity index (χ1) is 7.95. The molecule has 2 aliphatic heterocycles. The van der Waals surface area contributed by atoms with Crippen molar-refractivity contribution in [3.63, 3.8) is 0 Å². The maximum atomic E-state index is 11.8. The number of carbonyl (C=O) groups is 1. The Bertz CT molecular complexity index is 365. The van der Waals surface area contributed by atoms with E-state index in [0.29, 0.717) is 13.1 Å². The number of aliphatic carboxylic acids is 1. The number of carboxylic acid groups (broad SMARTS) is 1. The molecule has 2 heterocycles. The zero-order valence-corrected chi connectivity index (χ0v) is 10.3. The summed E-state index contributed by atoms with van der Waals surface area (Å²) in [4.78, 5) is 22.0. The summed E-state index contributed by atoms with van der Waals surface area (Å²) in [7, 11) is -3.75. The van der Waals surface area contributed by atoms with Gasteiger partial charge in [-0.3, -0.25) is 19.5 Å². The van der Waals surface area contributed by atoms with E-state index in [0.717, 1.165) is 0 Å². The molecule has 0 bridgehead atoms. The highest BCUT2D eigenvalue weighted by Gasteiger charge is 2.54. The molecule has 98 valence electrons. The van der Waals surface area contributed by atoms with E-state index in [1.54, 1.807) is 11.8 Å². The molecular weight excluding hydrogens is 249 g/mol. The average Bonchev–Trinajstić information content (AvgIpc) is 2.96. The minimum Gasteiger partial charge on any atom is -0.480 e. The van der Waals surface area contributed by atoms with Gasteiger partial charge in [-0.05, 0) is 6.92 Å². The smallest absolute Gasteiger partial charge is 0.407 e. The highest BCUT2D eigenvalue weighted by atomic mass is 31.2. The van der Waals surface area contributed by atoms with Crippen LogP contribution >= 0.6 is 7.75 Å². The summed E-state index contributed by atoms with van der Waals surface area (Å²) in [5.74, 6) is -0.900. The van der Waals surface area contributed by atoms with Gasteiger partial charge in [0.1, 0.15) is 6.17 Å². The van der Waals surface area contributed by atoms with Crippen LogP contribution in [0, 0.1) is 0 Å². The van der Waals surface area contributed by atoms with Gasteiger partial charge in [0.25, 0.3) is 0 Å². The molecule has 0 aromatic carbocycles. The molecule has 3 unspecified atom stereocenters. The third-order valence-electron chi connectivity index (χ3n) is 2.82. The van der Waals surface area contributed by atoms with E-state index in [9.17, 15) is 14.3 Å². The molecular formula is C8H16N3O5P. The first-order valence-electron chi connectivity index (χ1n) is 5.42. The molecule has 2 fully saturated rings. The minimum absolute atomic E-state index is 0.0631. The molecule has 2 aliphatic rings. The minimum atomic E-state index is -3.75. The third kappa shape index (κ3) is 2.67. The van der Waals surface area contributed by atoms with E-state index >= 15 is 0 Å². The standard InChI is InChI=1S/C8H16N3O5P/c1-2-16-17(14,15)11-4-3-10(5-6(12)13)7-8(11)9-7/h7-9H,2-5H2,1H3,(H,12,13)(H,14,15). The molecule has 9 heteroatoms. The van der Waals surface area contributed by atoms with Gasteiger partial charge in [-0.15, -0.1) is 0 Å². The van der Waals surface area contributed by atoms with Crippen molar-refractivity contribution in [2.75, 3.05) is 26.2 Å². The molecule has 2 rings (SSSR count). The second kappa shape index (κ2) is 4.64. The van der Waals surface area contributed by atoms with Crippen LogP contribution in [0.3, 0.4) is 0 Å². The Balaban J connectivity index is 1.96. The van der Waals surface area contributed by atoms with Crippen LogP contribution in [0.1, 0.15) is 6.92 Å². The Kier molecular flexibility index (Phi) is 3.53. The Morgan fingerprint density at radius 3 is 2.82 bits per heavy atom. The molecule has 3 N–H and O–H groups in total. The number of rotatable bonds is 5. The van der Waals surface area contributed by atoms with Crippen LogP contribution in [0.2, 0.25) is 0 Å². The summed E-state index contributed by atoms with van der Waals surface area (Å²) in [6.07, 6.45) is -0.453. The fraction of sp³-hybridized carbons (Fsp3) is 0.875. The topological polar surface area (TPSA) is 112 Å². The van der Waals surface area contributed by atoms with Crippen molar-refractivity contribution in [3.05, 3.63) is 0 Å². The van der Waals surface area contributed by atoms with Crippen LogP contribution in [0.25, 0.3) is 0 Å². The van der Waals surface area contributed by atoms with Gasteiger partial charge >= 0.3 is 13.7 Å². The Morgan fingerprint density at radius 1 is 1.53 bits per heavy atom. The van der Waals surface area contributed by atoms with Gasteiger partial charge in [0.2, 0.25) is 0 Å². The van der Waals surface area contributed by atoms with Crippen molar-refractivity contribution in [2.24, 2.45) is 0 Å². The van der Waals surface area contributed by atoms with E-state index in [1.165, 1.54) is 4.67 Å². The van der Waals surface area contributed by atoms with E-state index in [4.69, 9.17) is 9.63 Å². The summed E-state index contributed by atoms with van der Waals surface area (Å²) in [6.45, 7) is 2.50. The zero-order valence-electron chi connectivity index (χ0n) is 9.44. The van der Waals surface area contributed by atoms with E-state index in [-0.39, 0.29) is 25.5 Å². The molecule has 0 aromatic heterocycles. The Hall–Kier alpha value is -0.500. The highest BCUT2D eigenvalue weighted by Crippen LogP contribution is 2.51. The predicted octanol–water partition coefficient (Wildman–Crippen LogP) is -0.919. The van der Waals surface area contributed by atoms with Crippen LogP contribution in [0.5, 0.6) is 0 Å². The summed E-state index contributed by atoms with van der Waals surface area (Å²) < 4.78 is 18.0. The lowest BCUT2D eigenvalue weighted by atomic mass is 10.3. The van der Waals surface area contributed by atoms with Gasteiger partial charge < -0.3 is 10.00 Å². The lowest BCUT2D eigenvalue weighted by Crippen LogP contribution is -2.46. The van der Waals surface area contributed by atoms with Gasteiger partial charge in [-0.25, -0.2) is 4.57 Å². The average molecular weight is 265 g/mol. The second-order valence-corrected chi connectivity index (χ2v) is 5.75. The van der Waals surface area contributed by atoms with Crippen molar-refractivity contribution in [1.29, 1.82) is 0 Å². The van der Waals surface area contributed by atoms with Gasteiger partial charge in [0.05, 0.1) is 19.3 Å². The maximum absolute atomic E-state index is 11.8. The molecule has 8 nitrogen and oxygen atoms in total. The fourth-order valence-electron chi connectivity index (χ4n) is 2.06. The van der Waals surface area contributed by atoms with Crippen LogP contribution in [-0.4, -0.2) is 64.1 Å². The van der Waals surface area contributed by atoms with Gasteiger partial charge in [-0.2, -0.15) is 4.67 Å². The number of hydrogen-bond donors (Lipinski definition) is 3. The van der Waals surface area contributed by atoms with Crippen molar-refractivity contribution >= 4 is 13.7 Å². The number of piperazine rings is 1. The van der Waals surface area contributed by atoms with Crippen molar-refractivity contribution < 1.29 is 23.9 Å². The molecule has 0 aromatic rings. The molecule has 0 aliphatic carbocycles. The van der Waals surface area contributed by atoms with Crippen molar-refractivity contribution in [2.45, 2.75) is 19.3 Å². The molecule has 0 saturated carbocycles. The Morgan fingerprint density at radius 2 is 2.24 bits per heavy atom. The zero-order chi connectivity index (χ0) is 12.6. The quantitative estimate of drug-likeness (QED) is 0.432. The lowest BCUT2D eigenvalue weighted by Gasteiger charge is -2.32. The summed E-state index contributed by atoms with van der Waals surface area (Å²) in [5.41, 5.74) is 0. The largest absolute Gasteiger partial charge is 0.480 e. The highest BCUT2D eigenvalue weighted by molar-refractivity contribution is 7.50. The second-order valence-electron chi connectivity index (χ2n) is 3.99. The summed E-state index contributed by atoms with van der Waals surface area (Å²) in [5, 5.41) is 11.7. The maximum Gasteiger partial charge on any atom is 0.407 e. The molecule has 2 saturated heterocycles. The molecule has 0 radical (unpaired) electrons. The first-order valence-corrected chi connectivity index (χ1v) is 6.95. The summed E-state index contributed by atoms with van der Waals surface area (Å²) in [6, 6.07) is 0. The number of hydrogen-bond acceptors (Lipinski definition) is 5. The lowest BCUT2D eigenvalue weighted by molar-refractivity contribution is -0.138. The predicted molar refractivity (Wildman–Crippen MR) is 58.1 cm³/mol. The normalized spacial score (nSPS) is 32.8. The monoisotopic (exact) mass is 265 g/mol. The number of fused-ring (bicyclic) bond motifs is 1. The van der Waals surface area contributed by atoms with E-state index < -0.39 is 13.7 Å². The van der Waals surface area contributed by atoms with Crippen LogP contribution in [0.4, 0.5) is 0 Å². The van der Waals surface area contributed by atoms with Crippen LogP contribution in [0.15, 0.2) is 0 Å². The number of nitrogens with zero attached hydrogens (tertiary/aromatic N) is 2. The molecule has 3 atom stereocenters. The molecule has 0 amide bonds. The number of carboxylic acids is 1.